The van der Waals surface area contributed by atoms with Crippen LogP contribution in [-0.4, -0.2) is 16.7 Å². The summed E-state index contributed by atoms with van der Waals surface area (Å²) in [5, 5.41) is 2.71. The van der Waals surface area contributed by atoms with Crippen molar-refractivity contribution in [1.82, 2.24) is 10.3 Å². The molecule has 0 saturated heterocycles. The molecular weight excluding hydrogens is 240 g/mol. The van der Waals surface area contributed by atoms with Crippen LogP contribution in [0.4, 0.5) is 4.79 Å². The van der Waals surface area contributed by atoms with E-state index in [0.717, 1.165) is 5.69 Å². The quantitative estimate of drug-likeness (QED) is 0.890. The molecule has 1 aromatic rings. The molecule has 1 rings (SSSR count). The number of alkyl carbamates (subject to hydrolysis) is 1. The highest BCUT2D eigenvalue weighted by Crippen LogP contribution is 2.21. The Morgan fingerprint density at radius 3 is 2.42 bits per heavy atom. The standard InChI is InChI=1S/C15H24N2O2/c1-14(2,3)11-7-8-16-12(9-11)10-17-13(18)19-15(4,5)6/h7-9H,10H2,1-6H3,(H,17,18). The fraction of sp³-hybridized carbons (Fsp3) is 0.600. The summed E-state index contributed by atoms with van der Waals surface area (Å²) in [4.78, 5) is 15.8. The zero-order valence-electron chi connectivity index (χ0n) is 12.7. The van der Waals surface area contributed by atoms with E-state index in [1.54, 1.807) is 6.20 Å². The van der Waals surface area contributed by atoms with E-state index in [4.69, 9.17) is 4.74 Å². The number of ether oxygens (including phenoxy) is 1. The monoisotopic (exact) mass is 264 g/mol. The minimum atomic E-state index is -0.481. The Hall–Kier alpha value is -1.58. The van der Waals surface area contributed by atoms with Crippen molar-refractivity contribution in [3.05, 3.63) is 29.6 Å². The third-order valence-electron chi connectivity index (χ3n) is 2.50. The minimum absolute atomic E-state index is 0.0730. The van der Waals surface area contributed by atoms with Gasteiger partial charge in [0.25, 0.3) is 0 Å². The molecule has 0 unspecified atom stereocenters. The average Bonchev–Trinajstić information content (AvgIpc) is 2.23. The Bertz CT molecular complexity index is 442. The number of carbonyl (C=O) groups excluding carboxylic acids is 1. The van der Waals surface area contributed by atoms with E-state index in [0.29, 0.717) is 6.54 Å². The number of hydrogen-bond acceptors (Lipinski definition) is 3. The Kier molecular flexibility index (Phi) is 4.56. The van der Waals surface area contributed by atoms with Gasteiger partial charge >= 0.3 is 6.09 Å². The molecule has 1 heterocycles. The first kappa shape index (κ1) is 15.5. The maximum absolute atomic E-state index is 11.6. The molecule has 0 radical (unpaired) electrons. The summed E-state index contributed by atoms with van der Waals surface area (Å²) in [6.07, 6.45) is 1.35. The molecule has 0 aliphatic heterocycles. The number of rotatable bonds is 2. The van der Waals surface area contributed by atoms with Crippen molar-refractivity contribution in [2.75, 3.05) is 0 Å². The van der Waals surface area contributed by atoms with Gasteiger partial charge in [0.1, 0.15) is 5.60 Å². The Balaban J connectivity index is 2.62. The highest BCUT2D eigenvalue weighted by Gasteiger charge is 2.17. The first-order valence-corrected chi connectivity index (χ1v) is 6.50. The molecule has 4 heteroatoms. The average molecular weight is 264 g/mol. The predicted octanol–water partition coefficient (Wildman–Crippen LogP) is 3.40. The van der Waals surface area contributed by atoms with Crippen molar-refractivity contribution in [2.24, 2.45) is 0 Å². The molecule has 19 heavy (non-hydrogen) atoms. The Labute approximate surface area is 115 Å². The van der Waals surface area contributed by atoms with Crippen LogP contribution in [0, 0.1) is 0 Å². The highest BCUT2D eigenvalue weighted by molar-refractivity contribution is 5.67. The van der Waals surface area contributed by atoms with E-state index < -0.39 is 11.7 Å². The number of nitrogens with zero attached hydrogens (tertiary/aromatic N) is 1. The maximum Gasteiger partial charge on any atom is 0.407 e. The second-order valence-electron chi connectivity index (χ2n) is 6.64. The van der Waals surface area contributed by atoms with E-state index >= 15 is 0 Å². The third kappa shape index (κ3) is 5.73. The number of carbonyl (C=O) groups is 1. The van der Waals surface area contributed by atoms with Gasteiger partial charge in [-0.25, -0.2) is 4.79 Å². The smallest absolute Gasteiger partial charge is 0.407 e. The molecule has 0 aliphatic carbocycles. The molecule has 0 atom stereocenters. The van der Waals surface area contributed by atoms with Crippen molar-refractivity contribution >= 4 is 6.09 Å². The van der Waals surface area contributed by atoms with Crippen LogP contribution in [0.3, 0.4) is 0 Å². The first-order chi connectivity index (χ1) is 8.58. The summed E-state index contributed by atoms with van der Waals surface area (Å²) in [5.41, 5.74) is 1.62. The topological polar surface area (TPSA) is 51.2 Å². The van der Waals surface area contributed by atoms with Gasteiger partial charge in [0.15, 0.2) is 0 Å². The van der Waals surface area contributed by atoms with Crippen molar-refractivity contribution in [2.45, 2.75) is 59.1 Å². The summed E-state index contributed by atoms with van der Waals surface area (Å²) in [6.45, 7) is 12.3. The fourth-order valence-electron chi connectivity index (χ4n) is 1.52. The summed E-state index contributed by atoms with van der Waals surface area (Å²) < 4.78 is 5.18. The van der Waals surface area contributed by atoms with Crippen molar-refractivity contribution in [3.8, 4) is 0 Å². The van der Waals surface area contributed by atoms with Gasteiger partial charge in [-0.05, 0) is 43.9 Å². The molecule has 0 spiro atoms. The summed E-state index contributed by atoms with van der Waals surface area (Å²) >= 11 is 0. The highest BCUT2D eigenvalue weighted by atomic mass is 16.6. The van der Waals surface area contributed by atoms with Gasteiger partial charge in [-0.2, -0.15) is 0 Å². The van der Waals surface area contributed by atoms with E-state index in [2.05, 4.69) is 31.1 Å². The van der Waals surface area contributed by atoms with Gasteiger partial charge in [-0.1, -0.05) is 20.8 Å². The summed E-state index contributed by atoms with van der Waals surface area (Å²) in [6, 6.07) is 4.01. The van der Waals surface area contributed by atoms with Crippen molar-refractivity contribution in [1.29, 1.82) is 0 Å². The number of aromatic nitrogens is 1. The predicted molar refractivity (Wildman–Crippen MR) is 76.0 cm³/mol. The van der Waals surface area contributed by atoms with E-state index in [9.17, 15) is 4.79 Å². The summed E-state index contributed by atoms with van der Waals surface area (Å²) in [5.74, 6) is 0. The molecule has 0 aliphatic rings. The first-order valence-electron chi connectivity index (χ1n) is 6.50. The Morgan fingerprint density at radius 1 is 1.26 bits per heavy atom. The molecule has 0 fully saturated rings. The SMILES string of the molecule is CC(C)(C)OC(=O)NCc1cc(C(C)(C)C)ccn1. The lowest BCUT2D eigenvalue weighted by Gasteiger charge is -2.21. The lowest BCUT2D eigenvalue weighted by atomic mass is 9.87. The zero-order chi connectivity index (χ0) is 14.7. The van der Waals surface area contributed by atoms with Gasteiger partial charge in [-0.15, -0.1) is 0 Å². The van der Waals surface area contributed by atoms with E-state index in [1.165, 1.54) is 5.56 Å². The van der Waals surface area contributed by atoms with Crippen LogP contribution in [0.1, 0.15) is 52.8 Å². The van der Waals surface area contributed by atoms with Gasteiger partial charge in [0, 0.05) is 6.20 Å². The zero-order valence-corrected chi connectivity index (χ0v) is 12.7. The molecule has 0 bridgehead atoms. The second-order valence-corrected chi connectivity index (χ2v) is 6.64. The normalized spacial score (nSPS) is 12.1. The fourth-order valence-corrected chi connectivity index (χ4v) is 1.52. The van der Waals surface area contributed by atoms with Gasteiger partial charge in [0.2, 0.25) is 0 Å². The minimum Gasteiger partial charge on any atom is -0.444 e. The van der Waals surface area contributed by atoms with E-state index in [-0.39, 0.29) is 5.41 Å². The molecule has 106 valence electrons. The lowest BCUT2D eigenvalue weighted by Crippen LogP contribution is -2.32. The number of nitrogens with one attached hydrogen (secondary N) is 1. The summed E-state index contributed by atoms with van der Waals surface area (Å²) in [7, 11) is 0. The van der Waals surface area contributed by atoms with E-state index in [1.807, 2.05) is 32.9 Å². The maximum atomic E-state index is 11.6. The molecule has 1 N–H and O–H groups in total. The van der Waals surface area contributed by atoms with Gasteiger partial charge in [0.05, 0.1) is 12.2 Å². The Morgan fingerprint density at radius 2 is 1.89 bits per heavy atom. The molecule has 4 nitrogen and oxygen atoms in total. The lowest BCUT2D eigenvalue weighted by molar-refractivity contribution is 0.0523. The van der Waals surface area contributed by atoms with Crippen LogP contribution in [0.5, 0.6) is 0 Å². The molecule has 0 aromatic carbocycles. The van der Waals surface area contributed by atoms with Gasteiger partial charge in [-0.3, -0.25) is 4.98 Å². The van der Waals surface area contributed by atoms with Crippen LogP contribution >= 0.6 is 0 Å². The van der Waals surface area contributed by atoms with Crippen LogP contribution in [0.25, 0.3) is 0 Å². The van der Waals surface area contributed by atoms with Crippen LogP contribution in [0.2, 0.25) is 0 Å². The number of pyridine rings is 1. The van der Waals surface area contributed by atoms with Crippen molar-refractivity contribution < 1.29 is 9.53 Å². The largest absolute Gasteiger partial charge is 0.444 e. The molecule has 1 amide bonds. The molecule has 0 saturated carbocycles. The number of amides is 1. The van der Waals surface area contributed by atoms with Crippen molar-refractivity contribution in [3.63, 3.8) is 0 Å². The second kappa shape index (κ2) is 5.59. The third-order valence-corrected chi connectivity index (χ3v) is 2.50. The molecular formula is C15H24N2O2. The van der Waals surface area contributed by atoms with Crippen LogP contribution in [0.15, 0.2) is 18.3 Å². The molecule has 1 aromatic heterocycles. The van der Waals surface area contributed by atoms with Crippen LogP contribution in [-0.2, 0) is 16.7 Å². The van der Waals surface area contributed by atoms with Crippen LogP contribution < -0.4 is 5.32 Å². The van der Waals surface area contributed by atoms with Gasteiger partial charge < -0.3 is 10.1 Å². The number of hydrogen-bond donors (Lipinski definition) is 1.